The van der Waals surface area contributed by atoms with Crippen molar-refractivity contribution < 1.29 is 18.0 Å². The fourth-order valence-corrected chi connectivity index (χ4v) is 2.01. The highest BCUT2D eigenvalue weighted by atomic mass is 79.9. The van der Waals surface area contributed by atoms with Crippen LogP contribution in [0, 0.1) is 17.5 Å². The summed E-state index contributed by atoms with van der Waals surface area (Å²) in [5.41, 5.74) is 5.34. The van der Waals surface area contributed by atoms with Crippen molar-refractivity contribution in [2.75, 3.05) is 11.1 Å². The normalized spacial score (nSPS) is 10.4. The van der Waals surface area contributed by atoms with E-state index in [1.807, 2.05) is 0 Å². The molecule has 1 amide bonds. The van der Waals surface area contributed by atoms with Gasteiger partial charge in [0.05, 0.1) is 11.3 Å². The lowest BCUT2D eigenvalue weighted by atomic mass is 10.1. The first-order chi connectivity index (χ1) is 9.38. The Morgan fingerprint density at radius 2 is 1.75 bits per heavy atom. The van der Waals surface area contributed by atoms with Crippen LogP contribution in [0.25, 0.3) is 0 Å². The monoisotopic (exact) mass is 344 g/mol. The largest absolute Gasteiger partial charge is 0.396 e. The van der Waals surface area contributed by atoms with Crippen LogP contribution in [0.1, 0.15) is 10.4 Å². The molecule has 2 aromatic rings. The first-order valence-electron chi connectivity index (χ1n) is 5.39. The topological polar surface area (TPSA) is 55.1 Å². The predicted molar refractivity (Wildman–Crippen MR) is 72.8 cm³/mol. The van der Waals surface area contributed by atoms with Crippen LogP contribution in [0.3, 0.4) is 0 Å². The molecule has 0 atom stereocenters. The zero-order valence-corrected chi connectivity index (χ0v) is 11.5. The van der Waals surface area contributed by atoms with E-state index >= 15 is 0 Å². The first kappa shape index (κ1) is 14.4. The van der Waals surface area contributed by atoms with Crippen molar-refractivity contribution in [3.8, 4) is 0 Å². The van der Waals surface area contributed by atoms with E-state index in [0.717, 1.165) is 24.3 Å². The maximum atomic E-state index is 13.2. The van der Waals surface area contributed by atoms with Gasteiger partial charge in [0.25, 0.3) is 5.91 Å². The Bertz CT molecular complexity index is 692. The fraction of sp³-hybridized carbons (Fsp3) is 0. The lowest BCUT2D eigenvalue weighted by Gasteiger charge is -2.08. The maximum Gasteiger partial charge on any atom is 0.256 e. The highest BCUT2D eigenvalue weighted by molar-refractivity contribution is 9.10. The third-order valence-electron chi connectivity index (χ3n) is 2.51. The molecule has 3 N–H and O–H groups in total. The Kier molecular flexibility index (Phi) is 3.99. The molecule has 0 bridgehead atoms. The molecule has 0 saturated heterocycles. The van der Waals surface area contributed by atoms with Crippen molar-refractivity contribution in [2.24, 2.45) is 0 Å². The van der Waals surface area contributed by atoms with E-state index < -0.39 is 23.4 Å². The van der Waals surface area contributed by atoms with Gasteiger partial charge < -0.3 is 11.1 Å². The number of nitrogens with two attached hydrogens (primary N) is 1. The van der Waals surface area contributed by atoms with Crippen LogP contribution in [0.2, 0.25) is 0 Å². The van der Waals surface area contributed by atoms with Crippen LogP contribution < -0.4 is 11.1 Å². The van der Waals surface area contributed by atoms with Gasteiger partial charge in [-0.05, 0) is 40.2 Å². The van der Waals surface area contributed by atoms with Crippen molar-refractivity contribution in [3.05, 3.63) is 57.8 Å². The minimum Gasteiger partial charge on any atom is -0.396 e. The minimum absolute atomic E-state index is 0.0729. The lowest BCUT2D eigenvalue weighted by molar-refractivity contribution is 0.102. The molecule has 0 aliphatic carbocycles. The van der Waals surface area contributed by atoms with Crippen LogP contribution in [0.15, 0.2) is 34.8 Å². The average Bonchev–Trinajstić information content (AvgIpc) is 2.38. The summed E-state index contributed by atoms with van der Waals surface area (Å²) in [7, 11) is 0. The molecule has 0 fully saturated rings. The Hall–Kier alpha value is -2.02. The van der Waals surface area contributed by atoms with Gasteiger partial charge in [-0.3, -0.25) is 4.79 Å². The van der Waals surface area contributed by atoms with Crippen LogP contribution in [0.5, 0.6) is 0 Å². The second kappa shape index (κ2) is 5.54. The summed E-state index contributed by atoms with van der Waals surface area (Å²) in [5, 5.41) is 2.36. The summed E-state index contributed by atoms with van der Waals surface area (Å²) in [5.74, 6) is -3.40. The maximum absolute atomic E-state index is 13.2. The first-order valence-corrected chi connectivity index (χ1v) is 6.18. The zero-order valence-electron chi connectivity index (χ0n) is 9.88. The molecule has 0 heterocycles. The van der Waals surface area contributed by atoms with Gasteiger partial charge in [0, 0.05) is 16.2 Å². The molecule has 2 rings (SSSR count). The summed E-state index contributed by atoms with van der Waals surface area (Å²) < 4.78 is 39.2. The van der Waals surface area contributed by atoms with Gasteiger partial charge in [-0.2, -0.15) is 0 Å². The molecule has 0 saturated carbocycles. The third-order valence-corrected chi connectivity index (χ3v) is 3.16. The molecular weight excluding hydrogens is 337 g/mol. The summed E-state index contributed by atoms with van der Waals surface area (Å²) in [6.07, 6.45) is 0. The number of hydrogen-bond donors (Lipinski definition) is 2. The number of nitrogens with one attached hydrogen (secondary N) is 1. The van der Waals surface area contributed by atoms with E-state index in [1.54, 1.807) is 0 Å². The smallest absolute Gasteiger partial charge is 0.256 e. The van der Waals surface area contributed by atoms with Crippen LogP contribution >= 0.6 is 15.9 Å². The molecule has 104 valence electrons. The highest BCUT2D eigenvalue weighted by Crippen LogP contribution is 2.24. The molecule has 20 heavy (non-hydrogen) atoms. The highest BCUT2D eigenvalue weighted by Gasteiger charge is 2.14. The van der Waals surface area contributed by atoms with Gasteiger partial charge in [0.1, 0.15) is 5.82 Å². The summed E-state index contributed by atoms with van der Waals surface area (Å²) in [6, 6.07) is 5.13. The van der Waals surface area contributed by atoms with Crippen LogP contribution in [0.4, 0.5) is 24.5 Å². The fourth-order valence-electron chi connectivity index (χ4n) is 1.51. The molecule has 0 aromatic heterocycles. The number of carbonyl (C=O) groups is 1. The number of anilines is 2. The number of carbonyl (C=O) groups excluding carboxylic acids is 1. The molecule has 0 aliphatic rings. The Labute approximate surface area is 120 Å². The molecule has 0 aliphatic heterocycles. The van der Waals surface area contributed by atoms with Crippen molar-refractivity contribution in [1.82, 2.24) is 0 Å². The second-order valence-corrected chi connectivity index (χ2v) is 4.79. The van der Waals surface area contributed by atoms with E-state index in [9.17, 15) is 18.0 Å². The molecule has 3 nitrogen and oxygen atoms in total. The van der Waals surface area contributed by atoms with Crippen LogP contribution in [-0.2, 0) is 0 Å². The Morgan fingerprint density at radius 1 is 1.05 bits per heavy atom. The van der Waals surface area contributed by atoms with Crippen molar-refractivity contribution in [2.45, 2.75) is 0 Å². The van der Waals surface area contributed by atoms with Crippen molar-refractivity contribution in [1.29, 1.82) is 0 Å². The number of halogens is 4. The molecule has 7 heteroatoms. The minimum atomic E-state index is -1.08. The van der Waals surface area contributed by atoms with Crippen molar-refractivity contribution >= 4 is 33.2 Å². The molecule has 2 aromatic carbocycles. The average molecular weight is 345 g/mol. The van der Waals surface area contributed by atoms with Crippen molar-refractivity contribution in [3.63, 3.8) is 0 Å². The van der Waals surface area contributed by atoms with Gasteiger partial charge in [0.2, 0.25) is 0 Å². The second-order valence-electron chi connectivity index (χ2n) is 3.94. The number of rotatable bonds is 2. The quantitative estimate of drug-likeness (QED) is 0.816. The van der Waals surface area contributed by atoms with Gasteiger partial charge in [-0.25, -0.2) is 13.2 Å². The van der Waals surface area contributed by atoms with Gasteiger partial charge in [-0.15, -0.1) is 0 Å². The van der Waals surface area contributed by atoms with E-state index in [-0.39, 0.29) is 21.4 Å². The number of hydrogen-bond acceptors (Lipinski definition) is 2. The van der Waals surface area contributed by atoms with Gasteiger partial charge >= 0.3 is 0 Å². The number of nitrogen functional groups attached to an aromatic ring is 1. The third kappa shape index (κ3) is 2.93. The Morgan fingerprint density at radius 3 is 2.40 bits per heavy atom. The standard InChI is InChI=1S/C13H8BrF3N2O/c14-8-5-11(17)12(18)4-7(8)13(20)19-6-1-2-9(15)10(16)3-6/h1-5H,18H2,(H,19,20). The van der Waals surface area contributed by atoms with Gasteiger partial charge in [0.15, 0.2) is 11.6 Å². The summed E-state index contributed by atoms with van der Waals surface area (Å²) >= 11 is 3.03. The van der Waals surface area contributed by atoms with E-state index in [1.165, 1.54) is 6.07 Å². The van der Waals surface area contributed by atoms with Crippen LogP contribution in [-0.4, -0.2) is 5.91 Å². The van der Waals surface area contributed by atoms with E-state index in [2.05, 4.69) is 21.2 Å². The summed E-state index contributed by atoms with van der Waals surface area (Å²) in [6.45, 7) is 0. The van der Waals surface area contributed by atoms with E-state index in [0.29, 0.717) is 0 Å². The molecular formula is C13H8BrF3N2O. The predicted octanol–water partition coefficient (Wildman–Crippen LogP) is 3.70. The number of benzene rings is 2. The Balaban J connectivity index is 2.28. The summed E-state index contributed by atoms with van der Waals surface area (Å²) in [4.78, 5) is 12.0. The molecule has 0 radical (unpaired) electrons. The number of amides is 1. The molecule has 0 spiro atoms. The molecule has 0 unspecified atom stereocenters. The lowest BCUT2D eigenvalue weighted by Crippen LogP contribution is -2.13. The van der Waals surface area contributed by atoms with E-state index in [4.69, 9.17) is 5.73 Å². The zero-order chi connectivity index (χ0) is 14.9. The van der Waals surface area contributed by atoms with Gasteiger partial charge in [-0.1, -0.05) is 0 Å². The SMILES string of the molecule is Nc1cc(C(=O)Nc2ccc(F)c(F)c2)c(Br)cc1F.